The number of carbonyl (C=O) groups is 2. The fourth-order valence-corrected chi connectivity index (χ4v) is 3.30. The first-order valence-electron chi connectivity index (χ1n) is 9.85. The lowest BCUT2D eigenvalue weighted by Crippen LogP contribution is -2.60. The molecule has 5 atom stereocenters. The molecule has 0 saturated heterocycles. The molecule has 8 N–H and O–H groups in total. The summed E-state index contributed by atoms with van der Waals surface area (Å²) in [4.78, 5) is 29.7. The number of hydrogen-bond donors (Lipinski definition) is 6. The molecule has 1 aliphatic rings. The molecule has 0 aliphatic carbocycles. The molecule has 1 aromatic rings. The predicted octanol–water partition coefficient (Wildman–Crippen LogP) is -1.93. The maximum atomic E-state index is 14.0. The zero-order chi connectivity index (χ0) is 24.9. The number of benzene rings is 1. The Kier molecular flexibility index (Phi) is 8.68. The summed E-state index contributed by atoms with van der Waals surface area (Å²) in [6.45, 7) is 0.103. The average Bonchev–Trinajstić information content (AvgIpc) is 2.74. The Hall–Kier alpha value is -3.29. The highest BCUT2D eigenvalue weighted by molar-refractivity contribution is 5.92. The summed E-state index contributed by atoms with van der Waals surface area (Å²) in [6, 6.07) is 0.705. The molecular formula is C20H27F2N5O6. The van der Waals surface area contributed by atoms with Crippen LogP contribution < -0.4 is 16.8 Å². The normalized spacial score (nSPS) is 21.8. The predicted molar refractivity (Wildman–Crippen MR) is 112 cm³/mol. The summed E-state index contributed by atoms with van der Waals surface area (Å²) >= 11 is 0. The number of aliphatic hydroxyl groups excluding tert-OH is 3. The quantitative estimate of drug-likeness (QED) is 0.187. The van der Waals surface area contributed by atoms with Crippen molar-refractivity contribution in [3.63, 3.8) is 0 Å². The van der Waals surface area contributed by atoms with Gasteiger partial charge in [0.25, 0.3) is 5.91 Å². The smallest absolute Gasteiger partial charge is 0.288 e. The van der Waals surface area contributed by atoms with Crippen LogP contribution in [-0.4, -0.2) is 82.0 Å². The van der Waals surface area contributed by atoms with E-state index in [4.69, 9.17) is 16.2 Å². The van der Waals surface area contributed by atoms with Gasteiger partial charge in [-0.1, -0.05) is 6.07 Å². The summed E-state index contributed by atoms with van der Waals surface area (Å²) in [6.07, 6.45) is -3.66. The van der Waals surface area contributed by atoms with Crippen molar-refractivity contribution < 1.29 is 38.4 Å². The van der Waals surface area contributed by atoms with Gasteiger partial charge >= 0.3 is 0 Å². The molecule has 0 radical (unpaired) electrons. The first-order chi connectivity index (χ1) is 15.4. The third-order valence-electron chi connectivity index (χ3n) is 4.87. The molecule has 0 fully saturated rings. The fraction of sp³-hybridized carbons (Fsp3) is 0.450. The van der Waals surface area contributed by atoms with Crippen LogP contribution in [0.5, 0.6) is 0 Å². The van der Waals surface area contributed by atoms with Crippen molar-refractivity contribution in [3.8, 4) is 0 Å². The van der Waals surface area contributed by atoms with E-state index in [0.29, 0.717) is 6.07 Å². The molecule has 1 aliphatic heterocycles. The number of likely N-dealkylation sites (N-methyl/N-ethyl adjacent to an activating group) is 1. The molecule has 182 valence electrons. The van der Waals surface area contributed by atoms with Gasteiger partial charge < -0.3 is 41.7 Å². The molecular weight excluding hydrogens is 444 g/mol. The minimum absolute atomic E-state index is 0.0350. The second-order valence-corrected chi connectivity index (χ2v) is 7.52. The van der Waals surface area contributed by atoms with Crippen LogP contribution in [0.15, 0.2) is 35.0 Å². The molecule has 0 bridgehead atoms. The van der Waals surface area contributed by atoms with Gasteiger partial charge in [-0.25, -0.2) is 13.8 Å². The summed E-state index contributed by atoms with van der Waals surface area (Å²) < 4.78 is 32.7. The number of halogens is 2. The number of nitrogens with one attached hydrogen (secondary N) is 1. The highest BCUT2D eigenvalue weighted by atomic mass is 19.1. The highest BCUT2D eigenvalue weighted by Crippen LogP contribution is 2.26. The average molecular weight is 471 g/mol. The zero-order valence-electron chi connectivity index (χ0n) is 18.0. The molecule has 0 aromatic heterocycles. The summed E-state index contributed by atoms with van der Waals surface area (Å²) in [5.74, 6) is -3.68. The maximum Gasteiger partial charge on any atom is 0.288 e. The standard InChI is InChI=1S/C20H27F2N5O6/c1-9(29)25-16-13(26-20(23)24)6-15(33-18(16)17(31)14(30)8-28)19(32)27(2)7-10-3-4-11(21)5-12(10)22/h3-6,13-14,16-18,28,30-31H,7-8H2,1-2H3,(H,25,29)(H4,23,24,26)/t13-,14+,16+,17+,18+/m0/s1. The Morgan fingerprint density at radius 1 is 1.30 bits per heavy atom. The number of carbonyl (C=O) groups excluding carboxylic acids is 2. The third kappa shape index (κ3) is 6.60. The molecule has 0 spiro atoms. The maximum absolute atomic E-state index is 14.0. The van der Waals surface area contributed by atoms with Crippen LogP contribution in [0.3, 0.4) is 0 Å². The second-order valence-electron chi connectivity index (χ2n) is 7.52. The molecule has 11 nitrogen and oxygen atoms in total. The number of rotatable bonds is 8. The van der Waals surface area contributed by atoms with E-state index < -0.39 is 66.4 Å². The molecule has 1 aromatic carbocycles. The fourth-order valence-electron chi connectivity index (χ4n) is 3.30. The molecule has 0 saturated carbocycles. The van der Waals surface area contributed by atoms with Crippen LogP contribution in [-0.2, 0) is 20.9 Å². The first kappa shape index (κ1) is 26.0. The number of aliphatic imine (C=N–C) groups is 1. The SMILES string of the molecule is CC(=O)N[C@H]1[C@H]([C@H](O)[C@H](O)CO)OC(C(=O)N(C)Cc2ccc(F)cc2F)=C[C@@H]1N=C(N)N. The molecule has 1 heterocycles. The highest BCUT2D eigenvalue weighted by Gasteiger charge is 2.44. The lowest BCUT2D eigenvalue weighted by molar-refractivity contribution is -0.140. The van der Waals surface area contributed by atoms with Gasteiger partial charge in [0.2, 0.25) is 5.91 Å². The molecule has 2 rings (SSSR count). The van der Waals surface area contributed by atoms with E-state index in [2.05, 4.69) is 10.3 Å². The summed E-state index contributed by atoms with van der Waals surface area (Å²) in [5, 5.41) is 32.1. The van der Waals surface area contributed by atoms with Crippen molar-refractivity contribution >= 4 is 17.8 Å². The number of guanidine groups is 1. The number of aliphatic hydroxyl groups is 3. The van der Waals surface area contributed by atoms with Crippen LogP contribution in [0.4, 0.5) is 8.78 Å². The van der Waals surface area contributed by atoms with Gasteiger partial charge in [0.1, 0.15) is 29.9 Å². The van der Waals surface area contributed by atoms with Crippen molar-refractivity contribution in [2.75, 3.05) is 13.7 Å². The number of hydrogen-bond acceptors (Lipinski definition) is 7. The van der Waals surface area contributed by atoms with Crippen molar-refractivity contribution in [2.24, 2.45) is 16.5 Å². The van der Waals surface area contributed by atoms with Crippen molar-refractivity contribution in [3.05, 3.63) is 47.2 Å². The van der Waals surface area contributed by atoms with Crippen LogP contribution >= 0.6 is 0 Å². The van der Waals surface area contributed by atoms with E-state index in [1.54, 1.807) is 0 Å². The van der Waals surface area contributed by atoms with Gasteiger partial charge in [-0.05, 0) is 12.1 Å². The summed E-state index contributed by atoms with van der Waals surface area (Å²) in [7, 11) is 1.33. The van der Waals surface area contributed by atoms with Crippen molar-refractivity contribution in [2.45, 2.75) is 43.9 Å². The Labute approximate surface area is 188 Å². The molecule has 0 unspecified atom stereocenters. The van der Waals surface area contributed by atoms with Gasteiger partial charge in [0, 0.05) is 32.1 Å². The summed E-state index contributed by atoms with van der Waals surface area (Å²) in [5.41, 5.74) is 11.0. The van der Waals surface area contributed by atoms with E-state index >= 15 is 0 Å². The van der Waals surface area contributed by atoms with Crippen LogP contribution in [0, 0.1) is 11.6 Å². The van der Waals surface area contributed by atoms with Gasteiger partial charge in [-0.15, -0.1) is 0 Å². The monoisotopic (exact) mass is 471 g/mol. The van der Waals surface area contributed by atoms with E-state index in [9.17, 15) is 33.7 Å². The van der Waals surface area contributed by atoms with Gasteiger partial charge in [0.05, 0.1) is 18.7 Å². The van der Waals surface area contributed by atoms with Gasteiger partial charge in [-0.2, -0.15) is 0 Å². The first-order valence-corrected chi connectivity index (χ1v) is 9.85. The Morgan fingerprint density at radius 2 is 1.97 bits per heavy atom. The number of nitrogens with two attached hydrogens (primary N) is 2. The number of ether oxygens (including phenoxy) is 1. The lowest BCUT2D eigenvalue weighted by Gasteiger charge is -2.39. The van der Waals surface area contributed by atoms with E-state index in [1.165, 1.54) is 26.1 Å². The van der Waals surface area contributed by atoms with Crippen LogP contribution in [0.25, 0.3) is 0 Å². The lowest BCUT2D eigenvalue weighted by atomic mass is 9.92. The van der Waals surface area contributed by atoms with Gasteiger partial charge in [-0.3, -0.25) is 9.59 Å². The van der Waals surface area contributed by atoms with E-state index in [0.717, 1.165) is 11.0 Å². The second kappa shape index (κ2) is 11.0. The Balaban J connectivity index is 2.40. The molecule has 33 heavy (non-hydrogen) atoms. The minimum atomic E-state index is -1.75. The largest absolute Gasteiger partial charge is 0.480 e. The number of nitrogens with zero attached hydrogens (tertiary/aromatic N) is 2. The van der Waals surface area contributed by atoms with Crippen molar-refractivity contribution in [1.29, 1.82) is 0 Å². The van der Waals surface area contributed by atoms with E-state index in [1.807, 2.05) is 0 Å². The molecule has 13 heteroatoms. The zero-order valence-corrected chi connectivity index (χ0v) is 18.0. The third-order valence-corrected chi connectivity index (χ3v) is 4.87. The number of amides is 2. The van der Waals surface area contributed by atoms with Crippen LogP contribution in [0.2, 0.25) is 0 Å². The topological polar surface area (TPSA) is 184 Å². The molecule has 2 amide bonds. The Morgan fingerprint density at radius 3 is 2.52 bits per heavy atom. The van der Waals surface area contributed by atoms with Crippen molar-refractivity contribution in [1.82, 2.24) is 10.2 Å². The Bertz CT molecular complexity index is 940. The van der Waals surface area contributed by atoms with E-state index in [-0.39, 0.29) is 17.9 Å². The van der Waals surface area contributed by atoms with Crippen LogP contribution in [0.1, 0.15) is 12.5 Å². The minimum Gasteiger partial charge on any atom is -0.480 e. The van der Waals surface area contributed by atoms with Gasteiger partial charge in [0.15, 0.2) is 11.7 Å².